The van der Waals surface area contributed by atoms with Gasteiger partial charge in [0.05, 0.1) is 16.0 Å². The summed E-state index contributed by atoms with van der Waals surface area (Å²) in [5.41, 5.74) is 2.30. The minimum Gasteiger partial charge on any atom is -0.366 e. The fourth-order valence-corrected chi connectivity index (χ4v) is 4.21. The number of halogens is 6. The normalized spacial score (nSPS) is 16.5. The van der Waals surface area contributed by atoms with Crippen LogP contribution in [0.2, 0.25) is 5.02 Å². The van der Waals surface area contributed by atoms with Crippen LogP contribution >= 0.6 is 11.6 Å². The summed E-state index contributed by atoms with van der Waals surface area (Å²) in [6.07, 6.45) is -3.05. The number of alkyl halides is 3. The molecule has 1 aromatic heterocycles. The number of benzene rings is 1. The summed E-state index contributed by atoms with van der Waals surface area (Å²) in [6.45, 7) is -0.0579. The van der Waals surface area contributed by atoms with Gasteiger partial charge in [-0.05, 0) is 51.1 Å². The maximum absolute atomic E-state index is 14.4. The Morgan fingerprint density at radius 1 is 1.17 bits per heavy atom. The van der Waals surface area contributed by atoms with E-state index in [1.54, 1.807) is 19.0 Å². The molecule has 2 amide bonds. The van der Waals surface area contributed by atoms with Crippen molar-refractivity contribution in [2.24, 2.45) is 11.1 Å². The van der Waals surface area contributed by atoms with Gasteiger partial charge in [-0.25, -0.2) is 18.7 Å². The summed E-state index contributed by atoms with van der Waals surface area (Å²) in [7, 11) is 3.30. The molecule has 1 aliphatic rings. The van der Waals surface area contributed by atoms with Gasteiger partial charge in [0.15, 0.2) is 0 Å². The quantitative estimate of drug-likeness (QED) is 0.454. The number of carbonyl (C=O) groups is 2. The Hall–Kier alpha value is -2.86. The third-order valence-electron chi connectivity index (χ3n) is 6.48. The molecule has 13 heteroatoms. The monoisotopic (exact) mass is 533 g/mol. The van der Waals surface area contributed by atoms with Crippen molar-refractivity contribution in [3.63, 3.8) is 0 Å². The number of amides is 2. The average Bonchev–Trinajstić information content (AvgIpc) is 3.59. The molecule has 1 aliphatic carbocycles. The van der Waals surface area contributed by atoms with Crippen LogP contribution in [0.3, 0.4) is 0 Å². The van der Waals surface area contributed by atoms with E-state index in [1.807, 2.05) is 0 Å². The third-order valence-corrected chi connectivity index (χ3v) is 6.68. The van der Waals surface area contributed by atoms with Crippen molar-refractivity contribution in [2.45, 2.75) is 43.8 Å². The second kappa shape index (κ2) is 10.6. The van der Waals surface area contributed by atoms with E-state index < -0.39 is 59.0 Å². The Balaban J connectivity index is 1.73. The van der Waals surface area contributed by atoms with Gasteiger partial charge >= 0.3 is 6.18 Å². The molecule has 1 aromatic carbocycles. The molecule has 3 N–H and O–H groups in total. The van der Waals surface area contributed by atoms with Gasteiger partial charge < -0.3 is 16.0 Å². The summed E-state index contributed by atoms with van der Waals surface area (Å²) in [5.74, 6) is -5.03. The number of nitrogens with one attached hydrogen (secondary N) is 1. The van der Waals surface area contributed by atoms with E-state index in [0.29, 0.717) is 6.07 Å². The summed E-state index contributed by atoms with van der Waals surface area (Å²) in [6, 6.07) is 1.04. The smallest absolute Gasteiger partial charge is 0.366 e. The van der Waals surface area contributed by atoms with Crippen molar-refractivity contribution in [3.8, 4) is 0 Å². The van der Waals surface area contributed by atoms with Crippen LogP contribution in [0.25, 0.3) is 0 Å². The van der Waals surface area contributed by atoms with Crippen LogP contribution < -0.4 is 11.1 Å². The van der Waals surface area contributed by atoms with Gasteiger partial charge in [-0.15, -0.1) is 0 Å². The van der Waals surface area contributed by atoms with Crippen molar-refractivity contribution >= 4 is 23.4 Å². The molecule has 2 atom stereocenters. The number of nitrogens with zero attached hydrogens (tertiary/aromatic N) is 3. The minimum absolute atomic E-state index is 0.0492. The van der Waals surface area contributed by atoms with Gasteiger partial charge in [0.1, 0.15) is 17.5 Å². The summed E-state index contributed by atoms with van der Waals surface area (Å²) < 4.78 is 70.1. The van der Waals surface area contributed by atoms with Gasteiger partial charge in [0, 0.05) is 37.3 Å². The largest absolute Gasteiger partial charge is 0.395 e. The van der Waals surface area contributed by atoms with Gasteiger partial charge in [-0.3, -0.25) is 9.59 Å². The lowest BCUT2D eigenvalue weighted by atomic mass is 9.84. The Morgan fingerprint density at radius 3 is 2.28 bits per heavy atom. The average molecular weight is 534 g/mol. The minimum atomic E-state index is -4.55. The topological polar surface area (TPSA) is 101 Å². The molecule has 3 rings (SSSR count). The van der Waals surface area contributed by atoms with E-state index >= 15 is 0 Å². The van der Waals surface area contributed by atoms with Crippen LogP contribution in [0.5, 0.6) is 0 Å². The van der Waals surface area contributed by atoms with Gasteiger partial charge in [0.2, 0.25) is 5.91 Å². The summed E-state index contributed by atoms with van der Waals surface area (Å²) in [5, 5.41) is 2.74. The fourth-order valence-electron chi connectivity index (χ4n) is 4.11. The van der Waals surface area contributed by atoms with E-state index in [1.165, 1.54) is 12.4 Å². The van der Waals surface area contributed by atoms with Gasteiger partial charge in [-0.1, -0.05) is 11.6 Å². The highest BCUT2D eigenvalue weighted by molar-refractivity contribution is 6.30. The molecular formula is C23H25ClF5N5O2. The second-order valence-electron chi connectivity index (χ2n) is 9.08. The van der Waals surface area contributed by atoms with Crippen LogP contribution in [-0.2, 0) is 11.2 Å². The number of rotatable bonds is 10. The Kier molecular flexibility index (Phi) is 8.19. The molecule has 36 heavy (non-hydrogen) atoms. The number of nitrogens with two attached hydrogens (primary N) is 1. The summed E-state index contributed by atoms with van der Waals surface area (Å²) >= 11 is 5.76. The third kappa shape index (κ3) is 6.09. The van der Waals surface area contributed by atoms with Gasteiger partial charge in [-0.2, -0.15) is 13.2 Å². The zero-order chi connectivity index (χ0) is 26.8. The number of likely N-dealkylation sites (N-methyl/N-ethyl adjacent to an activating group) is 1. The molecule has 7 nitrogen and oxygen atoms in total. The zero-order valence-electron chi connectivity index (χ0n) is 19.5. The van der Waals surface area contributed by atoms with E-state index in [0.717, 1.165) is 6.07 Å². The lowest BCUT2D eigenvalue weighted by Crippen LogP contribution is -2.43. The highest BCUT2D eigenvalue weighted by Gasteiger charge is 2.68. The number of aromatic nitrogens is 2. The molecule has 1 saturated carbocycles. The summed E-state index contributed by atoms with van der Waals surface area (Å²) in [4.78, 5) is 33.5. The van der Waals surface area contributed by atoms with Crippen LogP contribution in [-0.4, -0.2) is 59.5 Å². The molecule has 0 spiro atoms. The molecule has 2 aromatic rings. The fraction of sp³-hybridized carbons (Fsp3) is 0.478. The number of carbonyl (C=O) groups excluding carboxylic acids is 2. The molecule has 1 heterocycles. The van der Waals surface area contributed by atoms with Gasteiger partial charge in [0.25, 0.3) is 5.91 Å². The first-order valence-corrected chi connectivity index (χ1v) is 11.4. The lowest BCUT2D eigenvalue weighted by Gasteiger charge is -2.29. The maximum atomic E-state index is 14.4. The van der Waals surface area contributed by atoms with Crippen LogP contribution in [0, 0.1) is 17.0 Å². The standard InChI is InChI=1S/C23H25ClF5N5O2/c1-34(2)14(5-12-6-18(26)15(20(30)36)7-17(12)25)11-31-19(35)8-16(21-32-9-13(24)10-33-21)22(3-4-22)23(27,28)29/h6-7,9-10,14,16H,3-5,8,11H2,1-2H3,(H2,30,36)(H,31,35). The van der Waals surface area contributed by atoms with E-state index in [9.17, 15) is 31.5 Å². The number of hydrogen-bond acceptors (Lipinski definition) is 5. The van der Waals surface area contributed by atoms with E-state index in [2.05, 4.69) is 15.3 Å². The molecule has 0 aliphatic heterocycles. The lowest BCUT2D eigenvalue weighted by molar-refractivity contribution is -0.195. The molecule has 1 fully saturated rings. The SMILES string of the molecule is CN(C)C(CNC(=O)CC(c1ncc(Cl)cn1)C1(C(F)(F)F)CC1)Cc1cc(F)c(C(N)=O)cc1F. The zero-order valence-corrected chi connectivity index (χ0v) is 20.3. The Labute approximate surface area is 209 Å². The molecule has 2 unspecified atom stereocenters. The molecular weight excluding hydrogens is 509 g/mol. The first-order valence-electron chi connectivity index (χ1n) is 11.0. The van der Waals surface area contributed by atoms with E-state index in [4.69, 9.17) is 17.3 Å². The Morgan fingerprint density at radius 2 is 1.78 bits per heavy atom. The first-order chi connectivity index (χ1) is 16.7. The van der Waals surface area contributed by atoms with Crippen LogP contribution in [0.4, 0.5) is 22.0 Å². The van der Waals surface area contributed by atoms with Crippen molar-refractivity contribution in [2.75, 3.05) is 20.6 Å². The predicted octanol–water partition coefficient (Wildman–Crippen LogP) is 3.61. The Bertz CT molecular complexity index is 1120. The highest BCUT2D eigenvalue weighted by Crippen LogP contribution is 2.65. The van der Waals surface area contributed by atoms with Crippen molar-refractivity contribution in [3.05, 3.63) is 58.1 Å². The van der Waals surface area contributed by atoms with E-state index in [-0.39, 0.29) is 42.2 Å². The van der Waals surface area contributed by atoms with Crippen LogP contribution in [0.15, 0.2) is 24.5 Å². The van der Waals surface area contributed by atoms with Crippen molar-refractivity contribution in [1.82, 2.24) is 20.2 Å². The van der Waals surface area contributed by atoms with Crippen LogP contribution in [0.1, 0.15) is 46.9 Å². The molecule has 0 radical (unpaired) electrons. The van der Waals surface area contributed by atoms with Crippen molar-refractivity contribution in [1.29, 1.82) is 0 Å². The molecule has 196 valence electrons. The maximum Gasteiger partial charge on any atom is 0.395 e. The second-order valence-corrected chi connectivity index (χ2v) is 9.52. The number of hydrogen-bond donors (Lipinski definition) is 2. The molecule has 0 saturated heterocycles. The molecule has 0 bridgehead atoms. The highest BCUT2D eigenvalue weighted by atomic mass is 35.5. The number of primary amides is 1. The van der Waals surface area contributed by atoms with Crippen molar-refractivity contribution < 1.29 is 31.5 Å². The first kappa shape index (κ1) is 27.7. The predicted molar refractivity (Wildman–Crippen MR) is 121 cm³/mol.